The molecule has 0 heterocycles. The van der Waals surface area contributed by atoms with Crippen molar-refractivity contribution in [2.45, 2.75) is 5.41 Å². The Kier molecular flexibility index (Phi) is 6.23. The third-order valence-corrected chi connectivity index (χ3v) is 11.4. The Morgan fingerprint density at radius 1 is 0.308 bits per heavy atom. The van der Waals surface area contributed by atoms with Crippen LogP contribution in [-0.4, -0.2) is 0 Å². The molecule has 1 heteroatoms. The van der Waals surface area contributed by atoms with Gasteiger partial charge in [-0.1, -0.05) is 152 Å². The number of anilines is 3. The fraction of sp³-hybridized carbons (Fsp3) is 0.0196. The highest BCUT2D eigenvalue weighted by molar-refractivity contribution is 6.07. The van der Waals surface area contributed by atoms with Crippen LogP contribution < -0.4 is 4.90 Å². The maximum Gasteiger partial charge on any atom is 0.0731 e. The van der Waals surface area contributed by atoms with Gasteiger partial charge in [-0.15, -0.1) is 0 Å². The smallest absolute Gasteiger partial charge is 0.0731 e. The predicted octanol–water partition coefficient (Wildman–Crippen LogP) is 13.5. The van der Waals surface area contributed by atoms with Crippen LogP contribution in [0.3, 0.4) is 0 Å². The molecule has 0 amide bonds. The molecule has 0 aliphatic heterocycles. The van der Waals surface area contributed by atoms with Crippen LogP contribution >= 0.6 is 0 Å². The van der Waals surface area contributed by atoms with Crippen LogP contribution in [0.1, 0.15) is 22.3 Å². The summed E-state index contributed by atoms with van der Waals surface area (Å²) >= 11 is 0. The lowest BCUT2D eigenvalue weighted by atomic mass is 9.69. The maximum absolute atomic E-state index is 2.47. The van der Waals surface area contributed by atoms with Gasteiger partial charge in [-0.05, 0) is 126 Å². The molecular weight excluding hydrogens is 627 g/mol. The SMILES string of the molecule is c1ccc(-c2cccc(N(c3ccccc3)c3ccc4c5c(ccc4c3)-c3cc4ccccc4cc3C53c4ccccc4-c4ccccc43)c2)cc1. The summed E-state index contributed by atoms with van der Waals surface area (Å²) < 4.78 is 0. The Labute approximate surface area is 303 Å². The molecule has 2 aliphatic rings. The number of para-hydroxylation sites is 1. The van der Waals surface area contributed by atoms with Gasteiger partial charge in [0.2, 0.25) is 0 Å². The lowest BCUT2D eigenvalue weighted by Crippen LogP contribution is -2.26. The molecule has 0 bridgehead atoms. The third kappa shape index (κ3) is 4.05. The van der Waals surface area contributed by atoms with Gasteiger partial charge in [-0.3, -0.25) is 0 Å². The first-order valence-electron chi connectivity index (χ1n) is 18.1. The van der Waals surface area contributed by atoms with E-state index in [4.69, 9.17) is 0 Å². The fourth-order valence-electron chi connectivity index (χ4n) is 9.27. The first-order valence-corrected chi connectivity index (χ1v) is 18.1. The summed E-state index contributed by atoms with van der Waals surface area (Å²) in [4.78, 5) is 2.39. The predicted molar refractivity (Wildman–Crippen MR) is 218 cm³/mol. The molecule has 9 aromatic rings. The number of fused-ring (bicyclic) bond motifs is 13. The second-order valence-electron chi connectivity index (χ2n) is 14.1. The van der Waals surface area contributed by atoms with E-state index in [1.54, 1.807) is 0 Å². The topological polar surface area (TPSA) is 3.24 Å². The highest BCUT2D eigenvalue weighted by atomic mass is 15.1. The van der Waals surface area contributed by atoms with E-state index >= 15 is 0 Å². The highest BCUT2D eigenvalue weighted by Gasteiger charge is 2.52. The molecule has 0 aromatic heterocycles. The average Bonchev–Trinajstić information content (AvgIpc) is 3.68. The van der Waals surface area contributed by atoms with Crippen molar-refractivity contribution in [1.29, 1.82) is 0 Å². The van der Waals surface area contributed by atoms with Crippen LogP contribution in [0.4, 0.5) is 17.1 Å². The third-order valence-electron chi connectivity index (χ3n) is 11.4. The van der Waals surface area contributed by atoms with Gasteiger partial charge in [-0.2, -0.15) is 0 Å². The molecule has 9 aromatic carbocycles. The van der Waals surface area contributed by atoms with E-state index < -0.39 is 5.41 Å². The van der Waals surface area contributed by atoms with Crippen molar-refractivity contribution in [2.24, 2.45) is 0 Å². The van der Waals surface area contributed by atoms with Crippen molar-refractivity contribution >= 4 is 38.6 Å². The molecule has 1 nitrogen and oxygen atoms in total. The zero-order chi connectivity index (χ0) is 34.2. The largest absolute Gasteiger partial charge is 0.310 e. The lowest BCUT2D eigenvalue weighted by Gasteiger charge is -2.32. The Hall–Kier alpha value is -6.70. The van der Waals surface area contributed by atoms with Crippen LogP contribution in [0.15, 0.2) is 200 Å². The minimum Gasteiger partial charge on any atom is -0.310 e. The standard InChI is InChI=1S/C51H33N/c1-3-14-34(15-4-1)35-18-13-21-40(30-35)52(39-19-5-2-6-20-39)41-27-29-42-38(31-41)26-28-45-46-32-36-16-7-8-17-37(36)33-49(46)51(50(42)45)47-24-11-9-22-43(47)44-23-10-12-25-48(44)51/h1-33H. The van der Waals surface area contributed by atoms with Gasteiger partial charge in [0.25, 0.3) is 0 Å². The summed E-state index contributed by atoms with van der Waals surface area (Å²) in [6, 6.07) is 74.0. The summed E-state index contributed by atoms with van der Waals surface area (Å²) in [5.74, 6) is 0. The molecule has 0 saturated carbocycles. The zero-order valence-electron chi connectivity index (χ0n) is 28.5. The Balaban J connectivity index is 1.18. The van der Waals surface area contributed by atoms with Gasteiger partial charge in [0.05, 0.1) is 5.41 Å². The van der Waals surface area contributed by atoms with Crippen molar-refractivity contribution in [3.8, 4) is 33.4 Å². The van der Waals surface area contributed by atoms with E-state index in [1.165, 1.54) is 77.2 Å². The monoisotopic (exact) mass is 659 g/mol. The van der Waals surface area contributed by atoms with Crippen LogP contribution in [0.2, 0.25) is 0 Å². The molecule has 0 fully saturated rings. The molecule has 52 heavy (non-hydrogen) atoms. The molecule has 11 rings (SSSR count). The summed E-state index contributed by atoms with van der Waals surface area (Å²) in [6.07, 6.45) is 0. The van der Waals surface area contributed by atoms with Gasteiger partial charge in [0.1, 0.15) is 0 Å². The first-order chi connectivity index (χ1) is 25.8. The number of hydrogen-bond acceptors (Lipinski definition) is 1. The molecular formula is C51H33N. The normalized spacial score (nSPS) is 13.2. The van der Waals surface area contributed by atoms with Crippen molar-refractivity contribution in [2.75, 3.05) is 4.90 Å². The Morgan fingerprint density at radius 2 is 0.904 bits per heavy atom. The average molecular weight is 660 g/mol. The number of hydrogen-bond donors (Lipinski definition) is 0. The maximum atomic E-state index is 2.47. The van der Waals surface area contributed by atoms with Crippen LogP contribution in [0, 0.1) is 0 Å². The van der Waals surface area contributed by atoms with E-state index in [0.29, 0.717) is 0 Å². The minimum atomic E-state index is -0.425. The second kappa shape index (κ2) is 11.2. The van der Waals surface area contributed by atoms with Crippen LogP contribution in [-0.2, 0) is 5.41 Å². The molecule has 1 spiro atoms. The number of benzene rings is 9. The summed E-state index contributed by atoms with van der Waals surface area (Å²) in [7, 11) is 0. The summed E-state index contributed by atoms with van der Waals surface area (Å²) in [6.45, 7) is 0. The second-order valence-corrected chi connectivity index (χ2v) is 14.1. The molecule has 0 unspecified atom stereocenters. The van der Waals surface area contributed by atoms with E-state index in [2.05, 4.69) is 205 Å². The molecule has 0 atom stereocenters. The molecule has 2 aliphatic carbocycles. The molecule has 0 saturated heterocycles. The van der Waals surface area contributed by atoms with Gasteiger partial charge < -0.3 is 4.90 Å². The Bertz CT molecular complexity index is 2800. The van der Waals surface area contributed by atoms with Crippen LogP contribution in [0.5, 0.6) is 0 Å². The van der Waals surface area contributed by atoms with Crippen LogP contribution in [0.25, 0.3) is 54.9 Å². The summed E-state index contributed by atoms with van der Waals surface area (Å²) in [5.41, 5.74) is 16.2. The first kappa shape index (κ1) is 29.1. The van der Waals surface area contributed by atoms with Crippen molar-refractivity contribution in [3.63, 3.8) is 0 Å². The fourth-order valence-corrected chi connectivity index (χ4v) is 9.27. The molecule has 242 valence electrons. The van der Waals surface area contributed by atoms with Gasteiger partial charge in [-0.25, -0.2) is 0 Å². The van der Waals surface area contributed by atoms with Crippen molar-refractivity contribution < 1.29 is 0 Å². The van der Waals surface area contributed by atoms with Crippen molar-refractivity contribution in [3.05, 3.63) is 222 Å². The van der Waals surface area contributed by atoms with E-state index in [-0.39, 0.29) is 0 Å². The minimum absolute atomic E-state index is 0.425. The van der Waals surface area contributed by atoms with Gasteiger partial charge in [0.15, 0.2) is 0 Å². The highest BCUT2D eigenvalue weighted by Crippen LogP contribution is 2.64. The molecule has 0 N–H and O–H groups in total. The number of nitrogens with zero attached hydrogens (tertiary/aromatic N) is 1. The van der Waals surface area contributed by atoms with Gasteiger partial charge >= 0.3 is 0 Å². The quantitative estimate of drug-likeness (QED) is 0.182. The van der Waals surface area contributed by atoms with E-state index in [1.807, 2.05) is 0 Å². The van der Waals surface area contributed by atoms with E-state index in [0.717, 1.165) is 17.1 Å². The Morgan fingerprint density at radius 3 is 1.65 bits per heavy atom. The molecule has 0 radical (unpaired) electrons. The lowest BCUT2D eigenvalue weighted by molar-refractivity contribution is 0.802. The zero-order valence-corrected chi connectivity index (χ0v) is 28.5. The van der Waals surface area contributed by atoms with E-state index in [9.17, 15) is 0 Å². The summed E-state index contributed by atoms with van der Waals surface area (Å²) in [5, 5.41) is 5.07. The number of rotatable bonds is 4. The van der Waals surface area contributed by atoms with Crippen molar-refractivity contribution in [1.82, 2.24) is 0 Å². The van der Waals surface area contributed by atoms with Gasteiger partial charge in [0, 0.05) is 17.1 Å².